The molecular formula is C17H21ClN2O2. The van der Waals surface area contributed by atoms with Gasteiger partial charge in [0.15, 0.2) is 0 Å². The molecule has 1 aromatic heterocycles. The summed E-state index contributed by atoms with van der Waals surface area (Å²) in [5, 5.41) is 0.714. The Hall–Kier alpha value is -1.36. The molecular weight excluding hydrogens is 300 g/mol. The van der Waals surface area contributed by atoms with E-state index in [-0.39, 0.29) is 0 Å². The van der Waals surface area contributed by atoms with E-state index in [2.05, 4.69) is 16.8 Å². The van der Waals surface area contributed by atoms with Crippen molar-refractivity contribution in [1.82, 2.24) is 9.88 Å². The Bertz CT molecular complexity index is 591. The molecule has 2 aromatic rings. The third-order valence-electron chi connectivity index (χ3n) is 4.02. The van der Waals surface area contributed by atoms with E-state index >= 15 is 0 Å². The number of aromatic nitrogens is 1. The summed E-state index contributed by atoms with van der Waals surface area (Å²) in [6.07, 6.45) is 2.91. The van der Waals surface area contributed by atoms with Gasteiger partial charge in [-0.15, -0.1) is 0 Å². The minimum Gasteiger partial charge on any atom is -0.444 e. The lowest BCUT2D eigenvalue weighted by Gasteiger charge is -2.22. The van der Waals surface area contributed by atoms with Crippen LogP contribution in [0, 0.1) is 5.92 Å². The van der Waals surface area contributed by atoms with Crippen LogP contribution in [0.3, 0.4) is 0 Å². The highest BCUT2D eigenvalue weighted by atomic mass is 35.5. The predicted molar refractivity (Wildman–Crippen MR) is 86.8 cm³/mol. The highest BCUT2D eigenvalue weighted by molar-refractivity contribution is 6.30. The lowest BCUT2D eigenvalue weighted by atomic mass is 10.1. The van der Waals surface area contributed by atoms with Crippen LogP contribution in [0.2, 0.25) is 5.02 Å². The Labute approximate surface area is 136 Å². The van der Waals surface area contributed by atoms with Gasteiger partial charge in [0.05, 0.1) is 12.3 Å². The molecule has 2 heterocycles. The molecule has 3 rings (SSSR count). The molecule has 22 heavy (non-hydrogen) atoms. The topological polar surface area (TPSA) is 38.5 Å². The maximum absolute atomic E-state index is 5.91. The summed E-state index contributed by atoms with van der Waals surface area (Å²) in [6.45, 7) is 6.82. The van der Waals surface area contributed by atoms with Crippen LogP contribution in [-0.2, 0) is 11.3 Å². The van der Waals surface area contributed by atoms with E-state index in [0.717, 1.165) is 50.5 Å². The van der Waals surface area contributed by atoms with Crippen LogP contribution in [0.15, 0.2) is 34.9 Å². The largest absolute Gasteiger partial charge is 0.444 e. The number of hydrogen-bond donors (Lipinski definition) is 0. The average molecular weight is 321 g/mol. The number of nitrogens with zero attached hydrogens (tertiary/aromatic N) is 2. The molecule has 1 aromatic carbocycles. The van der Waals surface area contributed by atoms with Crippen LogP contribution in [0.1, 0.15) is 19.0 Å². The van der Waals surface area contributed by atoms with Gasteiger partial charge in [0.2, 0.25) is 5.89 Å². The van der Waals surface area contributed by atoms with Crippen LogP contribution in [0.4, 0.5) is 0 Å². The Balaban J connectivity index is 1.63. The highest BCUT2D eigenvalue weighted by Gasteiger charge is 2.19. The second kappa shape index (κ2) is 7.27. The molecule has 118 valence electrons. The molecule has 0 bridgehead atoms. The molecule has 0 saturated carbocycles. The quantitative estimate of drug-likeness (QED) is 0.810. The van der Waals surface area contributed by atoms with E-state index < -0.39 is 0 Å². The number of hydrogen-bond acceptors (Lipinski definition) is 4. The Kier molecular flexibility index (Phi) is 5.13. The monoisotopic (exact) mass is 320 g/mol. The molecule has 1 aliphatic rings. The van der Waals surface area contributed by atoms with Crippen molar-refractivity contribution in [2.45, 2.75) is 19.9 Å². The van der Waals surface area contributed by atoms with Gasteiger partial charge in [0.1, 0.15) is 6.26 Å². The van der Waals surface area contributed by atoms with E-state index in [1.165, 1.54) is 0 Å². The fourth-order valence-corrected chi connectivity index (χ4v) is 2.86. The maximum atomic E-state index is 5.91. The third-order valence-corrected chi connectivity index (χ3v) is 4.27. The molecule has 5 heteroatoms. The zero-order chi connectivity index (χ0) is 15.4. The van der Waals surface area contributed by atoms with Crippen molar-refractivity contribution in [3.05, 3.63) is 41.2 Å². The summed E-state index contributed by atoms with van der Waals surface area (Å²) in [6, 6.07) is 7.54. The summed E-state index contributed by atoms with van der Waals surface area (Å²) in [5.74, 6) is 1.29. The zero-order valence-electron chi connectivity index (χ0n) is 12.8. The van der Waals surface area contributed by atoms with E-state index in [9.17, 15) is 0 Å². The second-order valence-electron chi connectivity index (χ2n) is 5.71. The normalized spacial score (nSPS) is 18.2. The molecule has 0 N–H and O–H groups in total. The summed E-state index contributed by atoms with van der Waals surface area (Å²) in [4.78, 5) is 6.98. The van der Waals surface area contributed by atoms with Crippen molar-refractivity contribution in [3.8, 4) is 11.5 Å². The van der Waals surface area contributed by atoms with Crippen LogP contribution < -0.4 is 0 Å². The van der Waals surface area contributed by atoms with E-state index in [1.807, 2.05) is 24.3 Å². The predicted octanol–water partition coefficient (Wildman–Crippen LogP) is 3.85. The van der Waals surface area contributed by atoms with Gasteiger partial charge in [-0.25, -0.2) is 4.98 Å². The van der Waals surface area contributed by atoms with Crippen molar-refractivity contribution in [1.29, 1.82) is 0 Å². The minimum absolute atomic E-state index is 0.641. The van der Waals surface area contributed by atoms with Crippen molar-refractivity contribution < 1.29 is 9.15 Å². The minimum atomic E-state index is 0.641. The van der Waals surface area contributed by atoms with E-state index in [0.29, 0.717) is 16.8 Å². The van der Waals surface area contributed by atoms with Gasteiger partial charge in [0.25, 0.3) is 0 Å². The van der Waals surface area contributed by atoms with Gasteiger partial charge in [0, 0.05) is 30.3 Å². The number of halogens is 1. The lowest BCUT2D eigenvalue weighted by molar-refractivity contribution is 0.166. The first-order valence-corrected chi connectivity index (χ1v) is 8.13. The van der Waals surface area contributed by atoms with Gasteiger partial charge in [-0.05, 0) is 43.1 Å². The first kappa shape index (κ1) is 15.5. The van der Waals surface area contributed by atoms with Crippen molar-refractivity contribution in [2.75, 3.05) is 26.3 Å². The average Bonchev–Trinajstić information content (AvgIpc) is 3.19. The molecule has 0 spiro atoms. The van der Waals surface area contributed by atoms with E-state index in [1.54, 1.807) is 6.26 Å². The fourth-order valence-electron chi connectivity index (χ4n) is 2.73. The summed E-state index contributed by atoms with van der Waals surface area (Å²) >= 11 is 5.91. The molecule has 1 fully saturated rings. The Morgan fingerprint density at radius 1 is 1.32 bits per heavy atom. The number of oxazole rings is 1. The fraction of sp³-hybridized carbons (Fsp3) is 0.471. The molecule has 0 aliphatic carbocycles. The SMILES string of the molecule is CCN(Cc1coc(-c2ccc(Cl)cc2)n1)CC1CCOC1. The molecule has 4 nitrogen and oxygen atoms in total. The Morgan fingerprint density at radius 3 is 2.82 bits per heavy atom. The maximum Gasteiger partial charge on any atom is 0.226 e. The Morgan fingerprint density at radius 2 is 2.14 bits per heavy atom. The van der Waals surface area contributed by atoms with Gasteiger partial charge in [-0.3, -0.25) is 4.90 Å². The van der Waals surface area contributed by atoms with Crippen LogP contribution in [-0.4, -0.2) is 36.2 Å². The molecule has 1 aliphatic heterocycles. The standard InChI is InChI=1S/C17H21ClN2O2/c1-2-20(9-13-7-8-21-11-13)10-16-12-22-17(19-16)14-3-5-15(18)6-4-14/h3-6,12-13H,2,7-11H2,1H3. The first-order valence-electron chi connectivity index (χ1n) is 7.75. The molecule has 1 unspecified atom stereocenters. The molecule has 0 radical (unpaired) electrons. The smallest absolute Gasteiger partial charge is 0.226 e. The number of ether oxygens (including phenoxy) is 1. The summed E-state index contributed by atoms with van der Waals surface area (Å²) < 4.78 is 11.1. The first-order chi connectivity index (χ1) is 10.7. The van der Waals surface area contributed by atoms with Crippen LogP contribution in [0.5, 0.6) is 0 Å². The van der Waals surface area contributed by atoms with Gasteiger partial charge >= 0.3 is 0 Å². The number of rotatable bonds is 6. The summed E-state index contributed by atoms with van der Waals surface area (Å²) in [7, 11) is 0. The lowest BCUT2D eigenvalue weighted by Crippen LogP contribution is -2.29. The second-order valence-corrected chi connectivity index (χ2v) is 6.14. The van der Waals surface area contributed by atoms with Gasteiger partial charge in [-0.2, -0.15) is 0 Å². The summed E-state index contributed by atoms with van der Waals surface area (Å²) in [5.41, 5.74) is 1.91. The van der Waals surface area contributed by atoms with Crippen molar-refractivity contribution >= 4 is 11.6 Å². The van der Waals surface area contributed by atoms with Gasteiger partial charge in [-0.1, -0.05) is 18.5 Å². The molecule has 1 saturated heterocycles. The third kappa shape index (κ3) is 3.88. The van der Waals surface area contributed by atoms with Gasteiger partial charge < -0.3 is 9.15 Å². The van der Waals surface area contributed by atoms with Crippen LogP contribution >= 0.6 is 11.6 Å². The van der Waals surface area contributed by atoms with Crippen molar-refractivity contribution in [3.63, 3.8) is 0 Å². The molecule has 1 atom stereocenters. The zero-order valence-corrected chi connectivity index (χ0v) is 13.6. The molecule has 0 amide bonds. The van der Waals surface area contributed by atoms with E-state index in [4.69, 9.17) is 20.8 Å². The highest BCUT2D eigenvalue weighted by Crippen LogP contribution is 2.22. The van der Waals surface area contributed by atoms with Crippen molar-refractivity contribution in [2.24, 2.45) is 5.92 Å². The van der Waals surface area contributed by atoms with Crippen LogP contribution in [0.25, 0.3) is 11.5 Å². The number of benzene rings is 1.